The first-order chi connectivity index (χ1) is 7.59. The number of carbonyl (C=O) groups excluding carboxylic acids is 1. The fourth-order valence-electron chi connectivity index (χ4n) is 1.68. The quantitative estimate of drug-likeness (QED) is 0.830. The molecule has 1 heterocycles. The number of fused-ring (bicyclic) bond motifs is 1. The monoisotopic (exact) mass is 259 g/mol. The highest BCUT2D eigenvalue weighted by molar-refractivity contribution is 6.54. The van der Waals surface area contributed by atoms with Crippen molar-refractivity contribution in [3.05, 3.63) is 24.3 Å². The van der Waals surface area contributed by atoms with Crippen LogP contribution in [0.5, 0.6) is 5.75 Å². The third-order valence-electron chi connectivity index (χ3n) is 2.47. The number of ketones is 1. The summed E-state index contributed by atoms with van der Waals surface area (Å²) in [5.41, 5.74) is 0.875. The summed E-state index contributed by atoms with van der Waals surface area (Å²) in [5.74, 6) is 0.325. The van der Waals surface area contributed by atoms with Crippen molar-refractivity contribution in [1.82, 2.24) is 0 Å². The van der Waals surface area contributed by atoms with Crippen LogP contribution in [0.2, 0.25) is 0 Å². The van der Waals surface area contributed by atoms with Crippen LogP contribution in [0.25, 0.3) is 0 Å². The lowest BCUT2D eigenvalue weighted by atomic mass is 10.1. The van der Waals surface area contributed by atoms with Crippen molar-refractivity contribution in [2.24, 2.45) is 0 Å². The Bertz CT molecular complexity index is 409. The van der Waals surface area contributed by atoms with Crippen molar-refractivity contribution in [2.45, 2.75) is 23.9 Å². The van der Waals surface area contributed by atoms with Crippen molar-refractivity contribution in [3.8, 4) is 5.75 Å². The van der Waals surface area contributed by atoms with Crippen LogP contribution < -0.4 is 10.1 Å². The van der Waals surface area contributed by atoms with E-state index in [9.17, 15) is 4.79 Å². The largest absolute Gasteiger partial charge is 0.478 e. The Kier molecular flexibility index (Phi) is 3.26. The Labute approximate surface area is 104 Å². The second-order valence-corrected chi connectivity index (χ2v) is 4.77. The van der Waals surface area contributed by atoms with Gasteiger partial charge in [-0.1, -0.05) is 35.3 Å². The van der Waals surface area contributed by atoms with E-state index in [4.69, 9.17) is 27.9 Å². The highest BCUT2D eigenvalue weighted by Crippen LogP contribution is 2.31. The molecule has 0 radical (unpaired) electrons. The summed E-state index contributed by atoms with van der Waals surface area (Å²) >= 11 is 11.1. The van der Waals surface area contributed by atoms with E-state index < -0.39 is 10.9 Å². The number of hydrogen-bond acceptors (Lipinski definition) is 3. The number of Topliss-reactive ketones (excluding diaryl/α,β-unsaturated/α-hetero) is 1. The molecule has 0 amide bonds. The van der Waals surface area contributed by atoms with E-state index in [1.807, 2.05) is 25.1 Å². The third kappa shape index (κ3) is 2.11. The normalized spacial score (nSPS) is 23.2. The van der Waals surface area contributed by atoms with E-state index in [2.05, 4.69) is 5.32 Å². The lowest BCUT2D eigenvalue weighted by molar-refractivity contribution is -0.124. The molecular formula is C11H11Cl2NO2. The molecule has 16 heavy (non-hydrogen) atoms. The summed E-state index contributed by atoms with van der Waals surface area (Å²) in [7, 11) is 0. The maximum absolute atomic E-state index is 11.7. The zero-order valence-corrected chi connectivity index (χ0v) is 10.1. The molecule has 86 valence electrons. The number of halogens is 2. The molecule has 0 aliphatic carbocycles. The predicted molar refractivity (Wildman–Crippen MR) is 64.4 cm³/mol. The molecule has 1 aromatic carbocycles. The number of hydrogen-bond donors (Lipinski definition) is 1. The number of rotatable bonds is 2. The van der Waals surface area contributed by atoms with Gasteiger partial charge in [0.05, 0.1) is 11.7 Å². The maximum Gasteiger partial charge on any atom is 0.208 e. The Morgan fingerprint density at radius 1 is 1.44 bits per heavy atom. The van der Waals surface area contributed by atoms with Crippen LogP contribution in [-0.2, 0) is 4.79 Å². The van der Waals surface area contributed by atoms with Crippen LogP contribution in [-0.4, -0.2) is 22.8 Å². The summed E-state index contributed by atoms with van der Waals surface area (Å²) < 4.78 is 5.59. The van der Waals surface area contributed by atoms with Gasteiger partial charge in [0.1, 0.15) is 5.75 Å². The number of nitrogens with one attached hydrogen (secondary N) is 1. The molecule has 0 bridgehead atoms. The molecule has 0 saturated carbocycles. The van der Waals surface area contributed by atoms with Crippen LogP contribution in [0.4, 0.5) is 5.69 Å². The molecular weight excluding hydrogens is 249 g/mol. The first kappa shape index (κ1) is 11.6. The molecule has 0 aromatic heterocycles. The molecule has 0 fully saturated rings. The van der Waals surface area contributed by atoms with Gasteiger partial charge < -0.3 is 10.1 Å². The first-order valence-corrected chi connectivity index (χ1v) is 5.81. The minimum absolute atomic E-state index is 0.151. The van der Waals surface area contributed by atoms with Crippen LogP contribution in [0.1, 0.15) is 6.92 Å². The zero-order chi connectivity index (χ0) is 11.7. The van der Waals surface area contributed by atoms with Crippen molar-refractivity contribution in [2.75, 3.05) is 5.32 Å². The minimum atomic E-state index is -1.06. The van der Waals surface area contributed by atoms with Gasteiger partial charge >= 0.3 is 0 Å². The number of benzene rings is 1. The highest BCUT2D eigenvalue weighted by Gasteiger charge is 2.34. The lowest BCUT2D eigenvalue weighted by Gasteiger charge is -2.32. The lowest BCUT2D eigenvalue weighted by Crippen LogP contribution is -2.46. The second kappa shape index (κ2) is 4.52. The number of anilines is 1. The third-order valence-corrected chi connectivity index (χ3v) is 2.90. The van der Waals surface area contributed by atoms with Crippen molar-refractivity contribution < 1.29 is 9.53 Å². The van der Waals surface area contributed by atoms with E-state index in [0.29, 0.717) is 5.75 Å². The van der Waals surface area contributed by atoms with Crippen molar-refractivity contribution in [3.63, 3.8) is 0 Å². The molecule has 0 saturated heterocycles. The number of alkyl halides is 2. The van der Waals surface area contributed by atoms with E-state index in [0.717, 1.165) is 5.69 Å². The van der Waals surface area contributed by atoms with Gasteiger partial charge in [-0.25, -0.2) is 0 Å². The van der Waals surface area contributed by atoms with Gasteiger partial charge in [0.2, 0.25) is 5.78 Å². The second-order valence-electron chi connectivity index (χ2n) is 3.67. The van der Waals surface area contributed by atoms with Gasteiger partial charge in [-0.3, -0.25) is 4.79 Å². The van der Waals surface area contributed by atoms with E-state index in [1.165, 1.54) is 0 Å². The number of ether oxygens (including phenoxy) is 1. The van der Waals surface area contributed by atoms with Crippen LogP contribution in [0.15, 0.2) is 24.3 Å². The SMILES string of the molecule is CC1Nc2ccccc2OC1C(=O)C(Cl)Cl. The van der Waals surface area contributed by atoms with Crippen LogP contribution in [0, 0.1) is 0 Å². The number of para-hydroxylation sites is 2. The Morgan fingerprint density at radius 3 is 2.81 bits per heavy atom. The molecule has 2 unspecified atom stereocenters. The summed E-state index contributed by atoms with van der Waals surface area (Å²) in [4.78, 5) is 10.6. The molecule has 1 aliphatic heterocycles. The fourth-order valence-corrected chi connectivity index (χ4v) is 1.93. The average molecular weight is 260 g/mol. The summed E-state index contributed by atoms with van der Waals surface area (Å²) in [6.45, 7) is 1.86. The molecule has 5 heteroatoms. The fraction of sp³-hybridized carbons (Fsp3) is 0.364. The molecule has 3 nitrogen and oxygen atoms in total. The topological polar surface area (TPSA) is 38.3 Å². The van der Waals surface area contributed by atoms with Crippen LogP contribution in [0.3, 0.4) is 0 Å². The van der Waals surface area contributed by atoms with Gasteiger partial charge in [-0.05, 0) is 19.1 Å². The first-order valence-electron chi connectivity index (χ1n) is 4.93. The minimum Gasteiger partial charge on any atom is -0.478 e. The Balaban J connectivity index is 2.24. The van der Waals surface area contributed by atoms with Gasteiger partial charge in [0, 0.05) is 0 Å². The molecule has 0 spiro atoms. The van der Waals surface area contributed by atoms with Crippen LogP contribution >= 0.6 is 23.2 Å². The van der Waals surface area contributed by atoms with E-state index >= 15 is 0 Å². The molecule has 2 rings (SSSR count). The molecule has 2 atom stereocenters. The summed E-state index contributed by atoms with van der Waals surface area (Å²) in [5, 5.41) is 3.18. The Morgan fingerprint density at radius 2 is 2.12 bits per heavy atom. The molecule has 1 aliphatic rings. The zero-order valence-electron chi connectivity index (χ0n) is 8.61. The predicted octanol–water partition coefficient (Wildman–Crippen LogP) is 2.62. The standard InChI is InChI=1S/C11H11Cl2NO2/c1-6-10(9(15)11(12)13)16-8-5-3-2-4-7(8)14-6/h2-6,10-11,14H,1H3. The van der Waals surface area contributed by atoms with Gasteiger partial charge in [-0.15, -0.1) is 0 Å². The van der Waals surface area contributed by atoms with Gasteiger partial charge in [0.25, 0.3) is 0 Å². The summed E-state index contributed by atoms with van der Waals surface area (Å²) in [6, 6.07) is 7.28. The van der Waals surface area contributed by atoms with Crippen molar-refractivity contribution in [1.29, 1.82) is 0 Å². The molecule has 1 N–H and O–H groups in total. The van der Waals surface area contributed by atoms with Gasteiger partial charge in [-0.2, -0.15) is 0 Å². The maximum atomic E-state index is 11.7. The Hall–Kier alpha value is -0.930. The van der Waals surface area contributed by atoms with Gasteiger partial charge in [0.15, 0.2) is 10.9 Å². The molecule has 1 aromatic rings. The average Bonchev–Trinajstić information content (AvgIpc) is 2.27. The number of carbonyl (C=O) groups is 1. The summed E-state index contributed by atoms with van der Waals surface area (Å²) in [6.07, 6.45) is -0.644. The highest BCUT2D eigenvalue weighted by atomic mass is 35.5. The smallest absolute Gasteiger partial charge is 0.208 e. The van der Waals surface area contributed by atoms with E-state index in [1.54, 1.807) is 6.07 Å². The van der Waals surface area contributed by atoms with Crippen molar-refractivity contribution >= 4 is 34.7 Å². The van der Waals surface area contributed by atoms with E-state index in [-0.39, 0.29) is 11.8 Å².